The van der Waals surface area contributed by atoms with E-state index in [1.807, 2.05) is 24.3 Å². The van der Waals surface area contributed by atoms with Gasteiger partial charge in [-0.1, -0.05) is 75.0 Å². The van der Waals surface area contributed by atoms with Crippen LogP contribution < -0.4 is 10.9 Å². The van der Waals surface area contributed by atoms with Crippen LogP contribution in [0.1, 0.15) is 25.6 Å². The highest BCUT2D eigenvalue weighted by Gasteiger charge is 2.21. The molecule has 1 aromatic heterocycles. The number of aryl methyl sites for hydroxylation is 1. The number of aromatic nitrogens is 1. The summed E-state index contributed by atoms with van der Waals surface area (Å²) in [6.07, 6.45) is 2.82. The van der Waals surface area contributed by atoms with Gasteiger partial charge >= 0.3 is 6.92 Å². The third-order valence-electron chi connectivity index (χ3n) is 3.89. The molecule has 0 unspecified atom stereocenters. The molecule has 0 atom stereocenters. The Bertz CT molecular complexity index is 731. The minimum atomic E-state index is -0.0790. The first-order valence-electron chi connectivity index (χ1n) is 8.02. The van der Waals surface area contributed by atoms with Crippen molar-refractivity contribution in [2.45, 2.75) is 27.4 Å². The van der Waals surface area contributed by atoms with Crippen molar-refractivity contribution >= 4 is 17.8 Å². The van der Waals surface area contributed by atoms with Crippen molar-refractivity contribution in [3.63, 3.8) is 0 Å². The number of hydrogen-bond donors (Lipinski definition) is 0. The molecule has 0 radical (unpaired) electrons. The SMILES string of the molecule is C.CCc1cccc(B(OCc2ccccn2)c2ccccc2)c1. The van der Waals surface area contributed by atoms with Gasteiger partial charge in [-0.25, -0.2) is 0 Å². The molecule has 2 aromatic carbocycles. The molecule has 0 aliphatic carbocycles. The maximum absolute atomic E-state index is 6.24. The summed E-state index contributed by atoms with van der Waals surface area (Å²) in [5.74, 6) is 0. The van der Waals surface area contributed by atoms with Crippen LogP contribution in [0.5, 0.6) is 0 Å². The van der Waals surface area contributed by atoms with Crippen molar-refractivity contribution in [2.75, 3.05) is 0 Å². The molecule has 0 fully saturated rings. The van der Waals surface area contributed by atoms with E-state index in [-0.39, 0.29) is 14.3 Å². The van der Waals surface area contributed by atoms with Crippen LogP contribution in [-0.4, -0.2) is 11.9 Å². The summed E-state index contributed by atoms with van der Waals surface area (Å²) in [5, 5.41) is 0. The molecule has 0 N–H and O–H groups in total. The van der Waals surface area contributed by atoms with Crippen LogP contribution in [0.25, 0.3) is 0 Å². The van der Waals surface area contributed by atoms with E-state index in [1.165, 1.54) is 11.0 Å². The minimum absolute atomic E-state index is 0. The Balaban J connectivity index is 0.00000208. The Morgan fingerprint density at radius 3 is 2.33 bits per heavy atom. The van der Waals surface area contributed by atoms with E-state index >= 15 is 0 Å². The van der Waals surface area contributed by atoms with Gasteiger partial charge in [0.25, 0.3) is 0 Å². The Morgan fingerprint density at radius 1 is 0.875 bits per heavy atom. The molecule has 0 spiro atoms. The molecule has 24 heavy (non-hydrogen) atoms. The average Bonchev–Trinajstić information content (AvgIpc) is 2.64. The molecule has 2 nitrogen and oxygen atoms in total. The lowest BCUT2D eigenvalue weighted by atomic mass is 9.55. The predicted molar refractivity (Wildman–Crippen MR) is 103 cm³/mol. The minimum Gasteiger partial charge on any atom is -0.421 e. The Labute approximate surface area is 145 Å². The van der Waals surface area contributed by atoms with E-state index in [4.69, 9.17) is 4.65 Å². The highest BCUT2D eigenvalue weighted by atomic mass is 16.4. The summed E-state index contributed by atoms with van der Waals surface area (Å²) in [6, 6.07) is 24.9. The van der Waals surface area contributed by atoms with Gasteiger partial charge in [-0.2, -0.15) is 0 Å². The standard InChI is InChI=1S/C20H20BNO.CH4/c1-2-17-9-8-12-19(15-17)21(18-10-4-3-5-11-18)23-16-20-13-6-7-14-22-20;/h3-15H,2,16H2,1H3;1H4. The molecule has 122 valence electrons. The normalized spacial score (nSPS) is 10.0. The molecule has 3 heteroatoms. The lowest BCUT2D eigenvalue weighted by Crippen LogP contribution is -2.45. The highest BCUT2D eigenvalue weighted by molar-refractivity contribution is 6.80. The van der Waals surface area contributed by atoms with Gasteiger partial charge in [0.1, 0.15) is 0 Å². The average molecular weight is 317 g/mol. The number of hydrogen-bond acceptors (Lipinski definition) is 2. The second-order valence-corrected chi connectivity index (χ2v) is 5.52. The van der Waals surface area contributed by atoms with Crippen molar-refractivity contribution in [2.24, 2.45) is 0 Å². The van der Waals surface area contributed by atoms with E-state index in [2.05, 4.69) is 60.4 Å². The Morgan fingerprint density at radius 2 is 1.62 bits per heavy atom. The van der Waals surface area contributed by atoms with Crippen LogP contribution in [0, 0.1) is 0 Å². The molecule has 0 bridgehead atoms. The molecule has 1 heterocycles. The molecule has 3 aromatic rings. The van der Waals surface area contributed by atoms with Gasteiger partial charge in [0.15, 0.2) is 0 Å². The van der Waals surface area contributed by atoms with Crippen molar-refractivity contribution in [1.82, 2.24) is 4.98 Å². The summed E-state index contributed by atoms with van der Waals surface area (Å²) in [7, 11) is 0. The Kier molecular flexibility index (Phi) is 6.77. The first kappa shape index (κ1) is 18.0. The molecule has 0 saturated carbocycles. The van der Waals surface area contributed by atoms with Gasteiger partial charge in [0, 0.05) is 6.20 Å². The quantitative estimate of drug-likeness (QED) is 0.648. The lowest BCUT2D eigenvalue weighted by Gasteiger charge is -2.16. The maximum atomic E-state index is 6.24. The molecule has 0 aliphatic heterocycles. The third kappa shape index (κ3) is 4.56. The van der Waals surface area contributed by atoms with Gasteiger partial charge in [0.05, 0.1) is 12.3 Å². The van der Waals surface area contributed by atoms with Crippen LogP contribution in [0.4, 0.5) is 0 Å². The second kappa shape index (κ2) is 9.04. The van der Waals surface area contributed by atoms with Gasteiger partial charge in [-0.05, 0) is 35.0 Å². The first-order chi connectivity index (χ1) is 11.4. The zero-order valence-electron chi connectivity index (χ0n) is 13.4. The van der Waals surface area contributed by atoms with Crippen molar-refractivity contribution in [3.05, 3.63) is 90.3 Å². The van der Waals surface area contributed by atoms with E-state index in [0.29, 0.717) is 6.61 Å². The largest absolute Gasteiger partial charge is 0.421 e. The van der Waals surface area contributed by atoms with E-state index in [1.54, 1.807) is 6.20 Å². The summed E-state index contributed by atoms with van der Waals surface area (Å²) in [6.45, 7) is 2.59. The summed E-state index contributed by atoms with van der Waals surface area (Å²) >= 11 is 0. The van der Waals surface area contributed by atoms with Crippen LogP contribution in [0.2, 0.25) is 0 Å². The van der Waals surface area contributed by atoms with Gasteiger partial charge in [0.2, 0.25) is 0 Å². The number of pyridine rings is 1. The fourth-order valence-corrected chi connectivity index (χ4v) is 2.64. The van der Waals surface area contributed by atoms with Crippen molar-refractivity contribution in [1.29, 1.82) is 0 Å². The first-order valence-corrected chi connectivity index (χ1v) is 8.02. The number of nitrogens with zero attached hydrogens (tertiary/aromatic N) is 1. The highest BCUT2D eigenvalue weighted by Crippen LogP contribution is 2.03. The fraction of sp³-hybridized carbons (Fsp3) is 0.190. The monoisotopic (exact) mass is 317 g/mol. The molecule has 0 aliphatic rings. The van der Waals surface area contributed by atoms with Gasteiger partial charge in [-0.15, -0.1) is 0 Å². The third-order valence-corrected chi connectivity index (χ3v) is 3.89. The molecular formula is C21H24BNO. The molecule has 0 saturated heterocycles. The van der Waals surface area contributed by atoms with Crippen LogP contribution in [0.3, 0.4) is 0 Å². The molecule has 3 rings (SSSR count). The zero-order valence-corrected chi connectivity index (χ0v) is 13.4. The van der Waals surface area contributed by atoms with Crippen LogP contribution >= 0.6 is 0 Å². The van der Waals surface area contributed by atoms with Crippen molar-refractivity contribution in [3.8, 4) is 0 Å². The Hall–Kier alpha value is -2.39. The van der Waals surface area contributed by atoms with E-state index in [9.17, 15) is 0 Å². The fourth-order valence-electron chi connectivity index (χ4n) is 2.64. The van der Waals surface area contributed by atoms with E-state index < -0.39 is 0 Å². The smallest absolute Gasteiger partial charge is 0.361 e. The van der Waals surface area contributed by atoms with Gasteiger partial charge < -0.3 is 4.65 Å². The molecule has 0 amide bonds. The summed E-state index contributed by atoms with van der Waals surface area (Å²) < 4.78 is 6.24. The molecular weight excluding hydrogens is 293 g/mol. The van der Waals surface area contributed by atoms with Gasteiger partial charge in [-0.3, -0.25) is 4.98 Å². The topological polar surface area (TPSA) is 22.1 Å². The van der Waals surface area contributed by atoms with E-state index in [0.717, 1.165) is 17.6 Å². The number of benzene rings is 2. The van der Waals surface area contributed by atoms with Crippen molar-refractivity contribution < 1.29 is 4.65 Å². The second-order valence-electron chi connectivity index (χ2n) is 5.52. The zero-order chi connectivity index (χ0) is 15.9. The summed E-state index contributed by atoms with van der Waals surface area (Å²) in [5.41, 5.74) is 4.62. The summed E-state index contributed by atoms with van der Waals surface area (Å²) in [4.78, 5) is 4.35. The lowest BCUT2D eigenvalue weighted by molar-refractivity contribution is 0.316. The maximum Gasteiger partial charge on any atom is 0.361 e. The predicted octanol–water partition coefficient (Wildman–Crippen LogP) is 3.60. The van der Waals surface area contributed by atoms with Crippen LogP contribution in [0.15, 0.2) is 79.0 Å². The van der Waals surface area contributed by atoms with Crippen LogP contribution in [-0.2, 0) is 17.7 Å². The number of rotatable bonds is 6.